The molecule has 26 heavy (non-hydrogen) atoms. The van der Waals surface area contributed by atoms with Gasteiger partial charge in [-0.15, -0.1) is 0 Å². The van der Waals surface area contributed by atoms with Crippen molar-refractivity contribution in [3.05, 3.63) is 95.0 Å². The van der Waals surface area contributed by atoms with Crippen molar-refractivity contribution in [3.8, 4) is 11.5 Å². The van der Waals surface area contributed by atoms with Crippen LogP contribution in [0.15, 0.2) is 89.8 Å². The predicted molar refractivity (Wildman–Crippen MR) is 101 cm³/mol. The highest BCUT2D eigenvalue weighted by Gasteiger charge is 2.31. The van der Waals surface area contributed by atoms with Gasteiger partial charge in [-0.2, -0.15) is 0 Å². The van der Waals surface area contributed by atoms with E-state index in [1.54, 1.807) is 48.5 Å². The molecule has 0 aromatic heterocycles. The molecule has 8 heteroatoms. The Morgan fingerprint density at radius 2 is 1.23 bits per heavy atom. The predicted octanol–water partition coefficient (Wildman–Crippen LogP) is 5.95. The molecule has 0 aliphatic rings. The number of nitrogens with zero attached hydrogens (tertiary/aromatic N) is 1. The minimum atomic E-state index is -3.68. The van der Waals surface area contributed by atoms with E-state index in [9.17, 15) is 14.7 Å². The van der Waals surface area contributed by atoms with Crippen LogP contribution in [0.2, 0.25) is 0 Å². The number of non-ortho nitro benzene ring substituents is 1. The lowest BCUT2D eigenvalue weighted by molar-refractivity contribution is -0.384. The second-order valence-electron chi connectivity index (χ2n) is 5.10. The molecule has 0 aliphatic heterocycles. The summed E-state index contributed by atoms with van der Waals surface area (Å²) in [4.78, 5) is 10.8. The maximum atomic E-state index is 13.3. The topological polar surface area (TPSA) is 78.7 Å². The summed E-state index contributed by atoms with van der Waals surface area (Å²) in [6.45, 7) is -3.68. The highest BCUT2D eigenvalue weighted by molar-refractivity contribution is 8.55. The maximum Gasteiger partial charge on any atom is 0.497 e. The summed E-state index contributed by atoms with van der Waals surface area (Å²) >= 11 is 0.890. The molecular formula is C18H14NO5PS. The Morgan fingerprint density at radius 1 is 0.769 bits per heavy atom. The largest absolute Gasteiger partial charge is 0.497 e. The quantitative estimate of drug-likeness (QED) is 0.283. The van der Waals surface area contributed by atoms with E-state index in [0.29, 0.717) is 16.4 Å². The average Bonchev–Trinajstić information content (AvgIpc) is 2.63. The molecule has 6 nitrogen and oxygen atoms in total. The van der Waals surface area contributed by atoms with Crippen LogP contribution in [0.3, 0.4) is 0 Å². The van der Waals surface area contributed by atoms with Crippen molar-refractivity contribution < 1.29 is 18.5 Å². The molecule has 0 fully saturated rings. The van der Waals surface area contributed by atoms with Crippen molar-refractivity contribution in [2.45, 2.75) is 4.90 Å². The van der Waals surface area contributed by atoms with Gasteiger partial charge < -0.3 is 9.05 Å². The van der Waals surface area contributed by atoms with Crippen molar-refractivity contribution in [2.75, 3.05) is 0 Å². The van der Waals surface area contributed by atoms with Gasteiger partial charge in [0, 0.05) is 28.4 Å². The van der Waals surface area contributed by atoms with Crippen LogP contribution in [0.4, 0.5) is 5.69 Å². The number of nitro groups is 1. The van der Waals surface area contributed by atoms with Gasteiger partial charge in [0.05, 0.1) is 4.92 Å². The summed E-state index contributed by atoms with van der Waals surface area (Å²) in [5.41, 5.74) is -0.0443. The molecule has 0 heterocycles. The summed E-state index contributed by atoms with van der Waals surface area (Å²) in [5, 5.41) is 10.8. The molecule has 0 saturated heterocycles. The van der Waals surface area contributed by atoms with Crippen molar-refractivity contribution >= 4 is 23.9 Å². The van der Waals surface area contributed by atoms with Crippen molar-refractivity contribution in [1.29, 1.82) is 0 Å². The van der Waals surface area contributed by atoms with E-state index >= 15 is 0 Å². The molecule has 0 saturated carbocycles. The second kappa shape index (κ2) is 8.08. The van der Waals surface area contributed by atoms with Crippen LogP contribution in [-0.4, -0.2) is 4.92 Å². The van der Waals surface area contributed by atoms with Gasteiger partial charge in [-0.25, -0.2) is 4.57 Å². The van der Waals surface area contributed by atoms with Gasteiger partial charge in [-0.05, 0) is 36.4 Å². The monoisotopic (exact) mass is 387 g/mol. The molecule has 0 spiro atoms. The molecule has 0 aliphatic carbocycles. The Morgan fingerprint density at radius 3 is 1.65 bits per heavy atom. The van der Waals surface area contributed by atoms with Gasteiger partial charge in [0.2, 0.25) is 0 Å². The summed E-state index contributed by atoms with van der Waals surface area (Å²) in [6, 6.07) is 23.1. The Bertz CT molecular complexity index is 874. The van der Waals surface area contributed by atoms with Crippen molar-refractivity contribution in [3.63, 3.8) is 0 Å². The fourth-order valence-electron chi connectivity index (χ4n) is 2.03. The lowest BCUT2D eigenvalue weighted by atomic mass is 10.3. The molecule has 132 valence electrons. The fraction of sp³-hybridized carbons (Fsp3) is 0. The van der Waals surface area contributed by atoms with Gasteiger partial charge in [0.15, 0.2) is 0 Å². The zero-order valence-electron chi connectivity index (χ0n) is 13.4. The Labute approximate surface area is 154 Å². The van der Waals surface area contributed by atoms with Gasteiger partial charge in [-0.3, -0.25) is 10.1 Å². The minimum absolute atomic E-state index is 0.0443. The number of nitro benzene ring substituents is 1. The number of benzene rings is 3. The van der Waals surface area contributed by atoms with Crippen LogP contribution in [0, 0.1) is 10.1 Å². The number of para-hydroxylation sites is 2. The number of hydrogen-bond acceptors (Lipinski definition) is 6. The van der Waals surface area contributed by atoms with Crippen molar-refractivity contribution in [1.82, 2.24) is 0 Å². The molecule has 3 rings (SSSR count). The summed E-state index contributed by atoms with van der Waals surface area (Å²) in [7, 11) is 0. The van der Waals surface area contributed by atoms with Crippen LogP contribution < -0.4 is 9.05 Å². The van der Waals surface area contributed by atoms with E-state index < -0.39 is 11.7 Å². The van der Waals surface area contributed by atoms with Crippen LogP contribution in [0.25, 0.3) is 0 Å². The number of rotatable bonds is 7. The van der Waals surface area contributed by atoms with Crippen LogP contribution in [0.1, 0.15) is 0 Å². The van der Waals surface area contributed by atoms with E-state index in [0.717, 1.165) is 11.4 Å². The average molecular weight is 387 g/mol. The first-order valence-corrected chi connectivity index (χ1v) is 10.5. The van der Waals surface area contributed by atoms with Crippen molar-refractivity contribution in [2.24, 2.45) is 0 Å². The van der Waals surface area contributed by atoms with E-state index in [2.05, 4.69) is 0 Å². The summed E-state index contributed by atoms with van der Waals surface area (Å²) in [5.74, 6) is 0.808. The maximum absolute atomic E-state index is 13.3. The smallest absolute Gasteiger partial charge is 0.408 e. The SMILES string of the molecule is O=[N+]([O-])c1ccc(SP(=O)(Oc2ccccc2)Oc2ccccc2)cc1. The first-order valence-electron chi connectivity index (χ1n) is 7.57. The van der Waals surface area contributed by atoms with Crippen LogP contribution >= 0.6 is 18.2 Å². The third kappa shape index (κ3) is 4.88. The second-order valence-corrected chi connectivity index (χ2v) is 8.90. The Kier molecular flexibility index (Phi) is 5.61. The molecule has 0 atom stereocenters. The summed E-state index contributed by atoms with van der Waals surface area (Å²) < 4.78 is 24.6. The third-order valence-electron chi connectivity index (χ3n) is 3.19. The van der Waals surface area contributed by atoms with E-state index in [1.807, 2.05) is 12.1 Å². The molecule has 0 radical (unpaired) electrons. The first kappa shape index (κ1) is 18.0. The first-order chi connectivity index (χ1) is 12.5. The lowest BCUT2D eigenvalue weighted by Crippen LogP contribution is -1.98. The molecule has 0 N–H and O–H groups in total. The highest BCUT2D eigenvalue weighted by atomic mass is 32.7. The van der Waals surface area contributed by atoms with Gasteiger partial charge in [-0.1, -0.05) is 36.4 Å². The van der Waals surface area contributed by atoms with Crippen LogP contribution in [0.5, 0.6) is 11.5 Å². The fourth-order valence-corrected chi connectivity index (χ4v) is 5.30. The molecule has 3 aromatic carbocycles. The highest BCUT2D eigenvalue weighted by Crippen LogP contribution is 2.62. The molecule has 3 aromatic rings. The van der Waals surface area contributed by atoms with E-state index in [1.165, 1.54) is 24.3 Å². The molecule has 0 unspecified atom stereocenters. The normalized spacial score (nSPS) is 10.9. The zero-order chi connectivity index (χ0) is 18.4. The van der Waals surface area contributed by atoms with E-state index in [-0.39, 0.29) is 5.69 Å². The van der Waals surface area contributed by atoms with Gasteiger partial charge >= 0.3 is 6.80 Å². The molecule has 0 bridgehead atoms. The minimum Gasteiger partial charge on any atom is -0.408 e. The Hall–Kier alpha value is -2.76. The zero-order valence-corrected chi connectivity index (χ0v) is 15.1. The summed E-state index contributed by atoms with van der Waals surface area (Å²) in [6.07, 6.45) is 0. The van der Waals surface area contributed by atoms with Crippen LogP contribution in [-0.2, 0) is 4.57 Å². The Balaban J connectivity index is 1.86. The number of hydrogen-bond donors (Lipinski definition) is 0. The standard InChI is InChI=1S/C18H14NO5PS/c20-19(21)15-11-13-18(14-12-15)26-25(22,23-16-7-3-1-4-8-16)24-17-9-5-2-6-10-17/h1-14H. The van der Waals surface area contributed by atoms with Gasteiger partial charge in [0.25, 0.3) is 5.69 Å². The molecule has 0 amide bonds. The van der Waals surface area contributed by atoms with Gasteiger partial charge in [0.1, 0.15) is 11.5 Å². The van der Waals surface area contributed by atoms with E-state index in [4.69, 9.17) is 9.05 Å². The lowest BCUT2D eigenvalue weighted by Gasteiger charge is -2.19. The third-order valence-corrected chi connectivity index (χ3v) is 6.51. The molecular weight excluding hydrogens is 373 g/mol.